The Balaban J connectivity index is 1.62. The van der Waals surface area contributed by atoms with E-state index in [2.05, 4.69) is 16.0 Å². The Morgan fingerprint density at radius 1 is 1.42 bits per heavy atom. The van der Waals surface area contributed by atoms with Crippen LogP contribution in [0.4, 0.5) is 5.69 Å². The standard InChI is InChI=1S/C17H15ClN4O2/c18-16-10(5-21-8-14(17(23)24)20-9-21)1-2-15(13(16)4-19)22-6-11-3-12(11)7-22/h1-2,8-9,11-12H,3,5-7H2,(H,23,24). The minimum absolute atomic E-state index is 0.0143. The minimum atomic E-state index is -1.07. The van der Waals surface area contributed by atoms with Crippen LogP contribution >= 0.6 is 11.6 Å². The van der Waals surface area contributed by atoms with Gasteiger partial charge in [-0.1, -0.05) is 17.7 Å². The molecule has 1 aromatic heterocycles. The van der Waals surface area contributed by atoms with E-state index >= 15 is 0 Å². The van der Waals surface area contributed by atoms with E-state index in [1.54, 1.807) is 4.57 Å². The summed E-state index contributed by atoms with van der Waals surface area (Å²) in [6.45, 7) is 2.37. The van der Waals surface area contributed by atoms with Crippen molar-refractivity contribution in [1.82, 2.24) is 9.55 Å². The number of carbonyl (C=O) groups is 1. The highest BCUT2D eigenvalue weighted by atomic mass is 35.5. The molecule has 4 rings (SSSR count). The van der Waals surface area contributed by atoms with E-state index in [0.717, 1.165) is 36.2 Å². The highest BCUT2D eigenvalue weighted by molar-refractivity contribution is 6.33. The van der Waals surface area contributed by atoms with E-state index in [4.69, 9.17) is 16.7 Å². The van der Waals surface area contributed by atoms with E-state index in [0.29, 0.717) is 17.1 Å². The van der Waals surface area contributed by atoms with Crippen molar-refractivity contribution in [3.63, 3.8) is 0 Å². The molecule has 0 radical (unpaired) electrons. The molecule has 0 bridgehead atoms. The fourth-order valence-electron chi connectivity index (χ4n) is 3.45. The van der Waals surface area contributed by atoms with Crippen LogP contribution in [0.25, 0.3) is 0 Å². The van der Waals surface area contributed by atoms with Crippen molar-refractivity contribution >= 4 is 23.3 Å². The first-order valence-corrected chi connectivity index (χ1v) is 8.16. The van der Waals surface area contributed by atoms with Gasteiger partial charge in [-0.25, -0.2) is 9.78 Å². The number of benzene rings is 1. The number of carboxylic acids is 1. The minimum Gasteiger partial charge on any atom is -0.476 e. The first-order chi connectivity index (χ1) is 11.6. The molecule has 1 saturated carbocycles. The molecule has 6 nitrogen and oxygen atoms in total. The average molecular weight is 343 g/mol. The van der Waals surface area contributed by atoms with Gasteiger partial charge in [0.2, 0.25) is 0 Å². The first kappa shape index (κ1) is 15.0. The summed E-state index contributed by atoms with van der Waals surface area (Å²) in [6.07, 6.45) is 4.21. The SMILES string of the molecule is N#Cc1c(N2CC3CC3C2)ccc(Cn2cnc(C(=O)O)c2)c1Cl. The largest absolute Gasteiger partial charge is 0.476 e. The summed E-state index contributed by atoms with van der Waals surface area (Å²) in [5.41, 5.74) is 2.15. The number of halogens is 1. The van der Waals surface area contributed by atoms with Crippen molar-refractivity contribution < 1.29 is 9.90 Å². The summed E-state index contributed by atoms with van der Waals surface area (Å²) < 4.78 is 1.65. The van der Waals surface area contributed by atoms with Gasteiger partial charge in [0.05, 0.1) is 29.1 Å². The Bertz CT molecular complexity index is 860. The van der Waals surface area contributed by atoms with Crippen molar-refractivity contribution in [1.29, 1.82) is 5.26 Å². The lowest BCUT2D eigenvalue weighted by molar-refractivity contribution is 0.0691. The van der Waals surface area contributed by atoms with Crippen molar-refractivity contribution in [2.45, 2.75) is 13.0 Å². The molecule has 2 aromatic rings. The van der Waals surface area contributed by atoms with Crippen molar-refractivity contribution in [3.8, 4) is 6.07 Å². The van der Waals surface area contributed by atoms with Gasteiger partial charge in [-0.15, -0.1) is 0 Å². The summed E-state index contributed by atoms with van der Waals surface area (Å²) in [6, 6.07) is 6.08. The van der Waals surface area contributed by atoms with E-state index in [1.165, 1.54) is 18.9 Å². The van der Waals surface area contributed by atoms with E-state index in [1.807, 2.05) is 12.1 Å². The van der Waals surface area contributed by atoms with Gasteiger partial charge in [-0.3, -0.25) is 0 Å². The average Bonchev–Trinajstić information content (AvgIpc) is 2.98. The third-order valence-electron chi connectivity index (χ3n) is 4.84. The predicted octanol–water partition coefficient (Wildman–Crippen LogP) is 2.61. The fourth-order valence-corrected chi connectivity index (χ4v) is 3.71. The number of rotatable bonds is 4. The molecule has 1 saturated heterocycles. The maximum absolute atomic E-state index is 10.9. The number of nitriles is 1. The number of nitrogens with zero attached hydrogens (tertiary/aromatic N) is 4. The summed E-state index contributed by atoms with van der Waals surface area (Å²) in [5.74, 6) is 0.478. The Labute approximate surface area is 143 Å². The van der Waals surface area contributed by atoms with Crippen LogP contribution in [-0.2, 0) is 6.54 Å². The van der Waals surface area contributed by atoms with Crippen LogP contribution in [0, 0.1) is 23.2 Å². The van der Waals surface area contributed by atoms with Gasteiger partial charge < -0.3 is 14.6 Å². The Morgan fingerprint density at radius 3 is 2.79 bits per heavy atom. The topological polar surface area (TPSA) is 82.2 Å². The number of aromatic carboxylic acids is 1. The van der Waals surface area contributed by atoms with E-state index in [-0.39, 0.29) is 5.69 Å². The van der Waals surface area contributed by atoms with E-state index < -0.39 is 5.97 Å². The smallest absolute Gasteiger partial charge is 0.356 e. The molecule has 0 spiro atoms. The monoisotopic (exact) mass is 342 g/mol. The summed E-state index contributed by atoms with van der Waals surface area (Å²) >= 11 is 6.46. The zero-order valence-electron chi connectivity index (χ0n) is 12.8. The van der Waals surface area contributed by atoms with Crippen LogP contribution in [0.2, 0.25) is 5.02 Å². The molecular weight excluding hydrogens is 328 g/mol. The molecule has 1 aromatic carbocycles. The Morgan fingerprint density at radius 2 is 2.17 bits per heavy atom. The van der Waals surface area contributed by atoms with Gasteiger partial charge in [0.15, 0.2) is 5.69 Å². The molecule has 122 valence electrons. The number of piperidine rings is 1. The van der Waals surface area contributed by atoms with Crippen LogP contribution < -0.4 is 4.90 Å². The second-order valence-corrected chi connectivity index (χ2v) is 6.82. The van der Waals surface area contributed by atoms with Gasteiger partial charge in [0.1, 0.15) is 6.07 Å². The zero-order valence-corrected chi connectivity index (χ0v) is 13.6. The number of hydrogen-bond donors (Lipinski definition) is 1. The molecule has 2 heterocycles. The molecule has 1 aliphatic heterocycles. The molecular formula is C17H15ClN4O2. The third-order valence-corrected chi connectivity index (χ3v) is 5.27. The Hall–Kier alpha value is -2.52. The zero-order chi connectivity index (χ0) is 16.8. The highest BCUT2D eigenvalue weighted by Crippen LogP contribution is 2.47. The second-order valence-electron chi connectivity index (χ2n) is 6.44. The lowest BCUT2D eigenvalue weighted by Crippen LogP contribution is -2.23. The number of imidazole rings is 1. The maximum atomic E-state index is 10.9. The maximum Gasteiger partial charge on any atom is 0.356 e. The van der Waals surface area contributed by atoms with Gasteiger partial charge >= 0.3 is 5.97 Å². The quantitative estimate of drug-likeness (QED) is 0.923. The Kier molecular flexibility index (Phi) is 3.47. The van der Waals surface area contributed by atoms with Gasteiger partial charge in [0, 0.05) is 19.3 Å². The molecule has 2 unspecified atom stereocenters. The summed E-state index contributed by atoms with van der Waals surface area (Å²) in [4.78, 5) is 17.0. The van der Waals surface area contributed by atoms with Crippen molar-refractivity contribution in [2.24, 2.45) is 11.8 Å². The number of fused-ring (bicyclic) bond motifs is 1. The van der Waals surface area contributed by atoms with Crippen LogP contribution in [-0.4, -0.2) is 33.7 Å². The molecule has 2 atom stereocenters. The number of aromatic nitrogens is 2. The first-order valence-electron chi connectivity index (χ1n) is 7.78. The molecule has 1 N–H and O–H groups in total. The molecule has 0 amide bonds. The van der Waals surface area contributed by atoms with Crippen molar-refractivity contribution in [3.05, 3.63) is 46.5 Å². The van der Waals surface area contributed by atoms with Crippen LogP contribution in [0.1, 0.15) is 28.0 Å². The third kappa shape index (κ3) is 2.51. The normalized spacial score (nSPS) is 21.4. The highest BCUT2D eigenvalue weighted by Gasteiger charge is 2.45. The van der Waals surface area contributed by atoms with Crippen molar-refractivity contribution in [2.75, 3.05) is 18.0 Å². The van der Waals surface area contributed by atoms with Gasteiger partial charge in [-0.05, 0) is 29.9 Å². The fraction of sp³-hybridized carbons (Fsp3) is 0.353. The molecule has 1 aliphatic carbocycles. The van der Waals surface area contributed by atoms with Crippen LogP contribution in [0.5, 0.6) is 0 Å². The summed E-state index contributed by atoms with van der Waals surface area (Å²) in [7, 11) is 0. The lowest BCUT2D eigenvalue weighted by Gasteiger charge is -2.23. The van der Waals surface area contributed by atoms with E-state index in [9.17, 15) is 10.1 Å². The van der Waals surface area contributed by atoms with Crippen LogP contribution in [0.3, 0.4) is 0 Å². The number of hydrogen-bond acceptors (Lipinski definition) is 4. The lowest BCUT2D eigenvalue weighted by atomic mass is 10.1. The van der Waals surface area contributed by atoms with Crippen LogP contribution in [0.15, 0.2) is 24.7 Å². The van der Waals surface area contributed by atoms with Gasteiger partial charge in [0.25, 0.3) is 0 Å². The number of anilines is 1. The molecule has 7 heteroatoms. The molecule has 24 heavy (non-hydrogen) atoms. The molecule has 2 aliphatic rings. The predicted molar refractivity (Wildman–Crippen MR) is 88.3 cm³/mol. The van der Waals surface area contributed by atoms with Gasteiger partial charge in [-0.2, -0.15) is 5.26 Å². The molecule has 2 fully saturated rings. The second kappa shape index (κ2) is 5.53. The summed E-state index contributed by atoms with van der Waals surface area (Å²) in [5, 5.41) is 18.9. The number of carboxylic acid groups (broad SMARTS) is 1.